The topological polar surface area (TPSA) is 80.0 Å². The van der Waals surface area contributed by atoms with E-state index in [0.717, 1.165) is 22.9 Å². The maximum absolute atomic E-state index is 13.4. The lowest BCUT2D eigenvalue weighted by atomic mass is 10.0. The molecule has 1 aliphatic heterocycles. The van der Waals surface area contributed by atoms with E-state index >= 15 is 0 Å². The molecule has 1 saturated heterocycles. The lowest BCUT2D eigenvalue weighted by Crippen LogP contribution is -2.36. The maximum atomic E-state index is 13.4. The molecule has 0 saturated carbocycles. The van der Waals surface area contributed by atoms with Crippen LogP contribution in [0, 0.1) is 0 Å². The first-order valence-corrected chi connectivity index (χ1v) is 9.27. The first kappa shape index (κ1) is 18.1. The molecule has 3 aromatic rings. The normalized spacial score (nSPS) is 16.5. The Morgan fingerprint density at radius 2 is 2.00 bits per heavy atom. The van der Waals surface area contributed by atoms with Crippen LogP contribution in [0.1, 0.15) is 29.8 Å². The van der Waals surface area contributed by atoms with E-state index in [0.29, 0.717) is 24.3 Å². The number of carboxylic acids is 1. The summed E-state index contributed by atoms with van der Waals surface area (Å²) in [6, 6.07) is 14.8. The van der Waals surface area contributed by atoms with Crippen molar-refractivity contribution in [2.45, 2.75) is 25.3 Å². The second-order valence-electron chi connectivity index (χ2n) is 6.93. The van der Waals surface area contributed by atoms with Gasteiger partial charge in [0.2, 0.25) is 5.76 Å². The number of amides is 1. The molecular weight excluding hydrogens is 358 g/mol. The van der Waals surface area contributed by atoms with Gasteiger partial charge in [-0.1, -0.05) is 30.3 Å². The zero-order valence-corrected chi connectivity index (χ0v) is 15.6. The SMILES string of the molecule is COc1ccc2c(-c3ccccc3)c(C(=O)N3CCCC3CC(=O)O)oc2c1. The van der Waals surface area contributed by atoms with Crippen LogP contribution >= 0.6 is 0 Å². The van der Waals surface area contributed by atoms with E-state index < -0.39 is 5.97 Å². The van der Waals surface area contributed by atoms with Gasteiger partial charge >= 0.3 is 5.97 Å². The number of methoxy groups -OCH3 is 1. The minimum atomic E-state index is -0.901. The summed E-state index contributed by atoms with van der Waals surface area (Å²) in [7, 11) is 1.58. The number of nitrogens with zero attached hydrogens (tertiary/aromatic N) is 1. The van der Waals surface area contributed by atoms with Crippen LogP contribution in [0.2, 0.25) is 0 Å². The van der Waals surface area contributed by atoms with Crippen LogP contribution < -0.4 is 4.74 Å². The van der Waals surface area contributed by atoms with E-state index in [4.69, 9.17) is 9.15 Å². The number of hydrogen-bond acceptors (Lipinski definition) is 4. The molecule has 4 rings (SSSR count). The number of rotatable bonds is 5. The Bertz CT molecular complexity index is 1020. The van der Waals surface area contributed by atoms with Crippen LogP contribution in [0.3, 0.4) is 0 Å². The van der Waals surface area contributed by atoms with Gasteiger partial charge in [-0.15, -0.1) is 0 Å². The lowest BCUT2D eigenvalue weighted by molar-refractivity contribution is -0.137. The summed E-state index contributed by atoms with van der Waals surface area (Å²) >= 11 is 0. The number of furan rings is 1. The Hall–Kier alpha value is -3.28. The molecule has 2 heterocycles. The Morgan fingerprint density at radius 3 is 2.71 bits per heavy atom. The summed E-state index contributed by atoms with van der Waals surface area (Å²) in [5.41, 5.74) is 2.17. The number of fused-ring (bicyclic) bond motifs is 1. The largest absolute Gasteiger partial charge is 0.497 e. The maximum Gasteiger partial charge on any atom is 0.305 e. The van der Waals surface area contributed by atoms with E-state index in [9.17, 15) is 14.7 Å². The van der Waals surface area contributed by atoms with E-state index in [-0.39, 0.29) is 24.1 Å². The standard InChI is InChI=1S/C22H21NO5/c1-27-16-9-10-17-18(13-16)28-21(20(17)14-6-3-2-4-7-14)22(26)23-11-5-8-15(23)12-19(24)25/h2-4,6-7,9-10,13,15H,5,8,11-12H2,1H3,(H,24,25). The third-order valence-electron chi connectivity index (χ3n) is 5.20. The molecule has 0 bridgehead atoms. The van der Waals surface area contributed by atoms with Crippen molar-refractivity contribution in [3.63, 3.8) is 0 Å². The smallest absolute Gasteiger partial charge is 0.305 e. The number of hydrogen-bond donors (Lipinski definition) is 1. The van der Waals surface area contributed by atoms with Crippen molar-refractivity contribution in [2.75, 3.05) is 13.7 Å². The molecule has 28 heavy (non-hydrogen) atoms. The van der Waals surface area contributed by atoms with E-state index in [1.807, 2.05) is 42.5 Å². The zero-order valence-electron chi connectivity index (χ0n) is 15.6. The second-order valence-corrected chi connectivity index (χ2v) is 6.93. The fourth-order valence-electron chi connectivity index (χ4n) is 3.89. The number of ether oxygens (including phenoxy) is 1. The molecule has 1 atom stereocenters. The predicted molar refractivity (Wildman–Crippen MR) is 105 cm³/mol. The van der Waals surface area contributed by atoms with Crippen LogP contribution in [0.25, 0.3) is 22.1 Å². The van der Waals surface area contributed by atoms with Crippen molar-refractivity contribution in [1.29, 1.82) is 0 Å². The Morgan fingerprint density at radius 1 is 1.21 bits per heavy atom. The molecule has 1 aliphatic rings. The minimum absolute atomic E-state index is 0.0551. The average molecular weight is 379 g/mol. The summed E-state index contributed by atoms with van der Waals surface area (Å²) in [6.07, 6.45) is 1.42. The number of carboxylic acid groups (broad SMARTS) is 1. The summed E-state index contributed by atoms with van der Waals surface area (Å²) in [5.74, 6) is -0.281. The van der Waals surface area contributed by atoms with Gasteiger partial charge < -0.3 is 19.2 Å². The quantitative estimate of drug-likeness (QED) is 0.719. The van der Waals surface area contributed by atoms with Gasteiger partial charge in [0.25, 0.3) is 5.91 Å². The minimum Gasteiger partial charge on any atom is -0.497 e. The second kappa shape index (κ2) is 7.38. The highest BCUT2D eigenvalue weighted by molar-refractivity contribution is 6.08. The molecule has 1 N–H and O–H groups in total. The monoisotopic (exact) mass is 379 g/mol. The molecule has 1 fully saturated rings. The Kier molecular flexibility index (Phi) is 4.77. The average Bonchev–Trinajstić information content (AvgIpc) is 3.31. The molecule has 144 valence electrons. The summed E-state index contributed by atoms with van der Waals surface area (Å²) in [6.45, 7) is 0.533. The molecule has 0 aliphatic carbocycles. The molecule has 0 radical (unpaired) electrons. The summed E-state index contributed by atoms with van der Waals surface area (Å²) in [5, 5.41) is 10.00. The number of aliphatic carboxylic acids is 1. The predicted octanol–water partition coefficient (Wildman–Crippen LogP) is 4.19. The van der Waals surface area contributed by atoms with E-state index in [1.165, 1.54) is 0 Å². The van der Waals surface area contributed by atoms with Gasteiger partial charge in [-0.25, -0.2) is 0 Å². The molecule has 0 spiro atoms. The molecule has 6 heteroatoms. The van der Waals surface area contributed by atoms with Crippen molar-refractivity contribution in [1.82, 2.24) is 4.90 Å². The van der Waals surface area contributed by atoms with Gasteiger partial charge in [0.05, 0.1) is 13.5 Å². The Labute approximate surface area is 162 Å². The van der Waals surface area contributed by atoms with Gasteiger partial charge in [-0.05, 0) is 30.5 Å². The highest BCUT2D eigenvalue weighted by Gasteiger charge is 2.34. The number of benzene rings is 2. The first-order chi connectivity index (χ1) is 13.6. The summed E-state index contributed by atoms with van der Waals surface area (Å²) < 4.78 is 11.3. The molecule has 6 nitrogen and oxygen atoms in total. The van der Waals surface area contributed by atoms with Gasteiger partial charge in [-0.2, -0.15) is 0 Å². The molecule has 1 aromatic heterocycles. The zero-order chi connectivity index (χ0) is 19.7. The Balaban J connectivity index is 1.83. The molecular formula is C22H21NO5. The molecule has 1 amide bonds. The van der Waals surface area contributed by atoms with Crippen LogP contribution in [0.4, 0.5) is 0 Å². The van der Waals surface area contributed by atoms with Crippen LogP contribution in [-0.2, 0) is 4.79 Å². The van der Waals surface area contributed by atoms with E-state index in [1.54, 1.807) is 18.1 Å². The highest BCUT2D eigenvalue weighted by Crippen LogP contribution is 2.38. The molecule has 2 aromatic carbocycles. The van der Waals surface area contributed by atoms with Crippen LogP contribution in [-0.4, -0.2) is 41.6 Å². The summed E-state index contributed by atoms with van der Waals surface area (Å²) in [4.78, 5) is 26.2. The number of likely N-dealkylation sites (tertiary alicyclic amines) is 1. The fraction of sp³-hybridized carbons (Fsp3) is 0.273. The highest BCUT2D eigenvalue weighted by atomic mass is 16.5. The van der Waals surface area contributed by atoms with Crippen molar-refractivity contribution < 1.29 is 23.8 Å². The van der Waals surface area contributed by atoms with Crippen molar-refractivity contribution in [3.8, 4) is 16.9 Å². The van der Waals surface area contributed by atoms with E-state index in [2.05, 4.69) is 0 Å². The number of carbonyl (C=O) groups excluding carboxylic acids is 1. The third kappa shape index (κ3) is 3.22. The number of carbonyl (C=O) groups is 2. The first-order valence-electron chi connectivity index (χ1n) is 9.27. The van der Waals surface area contributed by atoms with Crippen LogP contribution in [0.15, 0.2) is 52.9 Å². The van der Waals surface area contributed by atoms with Crippen molar-refractivity contribution >= 4 is 22.8 Å². The van der Waals surface area contributed by atoms with Crippen molar-refractivity contribution in [3.05, 3.63) is 54.3 Å². The lowest BCUT2D eigenvalue weighted by Gasteiger charge is -2.22. The molecule has 1 unspecified atom stereocenters. The fourth-order valence-corrected chi connectivity index (χ4v) is 3.89. The van der Waals surface area contributed by atoms with Crippen LogP contribution in [0.5, 0.6) is 5.75 Å². The van der Waals surface area contributed by atoms with Gasteiger partial charge in [0.1, 0.15) is 11.3 Å². The van der Waals surface area contributed by atoms with Gasteiger partial charge in [0.15, 0.2) is 0 Å². The third-order valence-corrected chi connectivity index (χ3v) is 5.20. The van der Waals surface area contributed by atoms with Gasteiger partial charge in [-0.3, -0.25) is 9.59 Å². The van der Waals surface area contributed by atoms with Gasteiger partial charge in [0, 0.05) is 29.6 Å². The van der Waals surface area contributed by atoms with Crippen molar-refractivity contribution in [2.24, 2.45) is 0 Å².